The van der Waals surface area contributed by atoms with Crippen molar-refractivity contribution < 1.29 is 9.26 Å². The third-order valence-corrected chi connectivity index (χ3v) is 4.22. The van der Waals surface area contributed by atoms with Gasteiger partial charge in [0, 0.05) is 19.1 Å². The van der Waals surface area contributed by atoms with Crippen LogP contribution in [0, 0.1) is 0 Å². The minimum absolute atomic E-state index is 0.290. The summed E-state index contributed by atoms with van der Waals surface area (Å²) in [5.41, 5.74) is 0. The number of hydrogen-bond acceptors (Lipinski definition) is 5. The molecule has 0 bridgehead atoms. The van der Waals surface area contributed by atoms with E-state index in [9.17, 15) is 0 Å². The minimum atomic E-state index is 0.290. The summed E-state index contributed by atoms with van der Waals surface area (Å²) in [6.45, 7) is 4.02. The van der Waals surface area contributed by atoms with Gasteiger partial charge in [0.1, 0.15) is 0 Å². The Morgan fingerprint density at radius 1 is 1.26 bits per heavy atom. The van der Waals surface area contributed by atoms with Crippen LogP contribution in [0.4, 0.5) is 0 Å². The first-order valence-corrected chi connectivity index (χ1v) is 7.54. The SMILES string of the molecule is CCNC1CCCC1c1nc(CC2CCCO2)no1. The molecule has 2 heterocycles. The number of ether oxygens (including phenoxy) is 1. The monoisotopic (exact) mass is 265 g/mol. The van der Waals surface area contributed by atoms with Gasteiger partial charge < -0.3 is 14.6 Å². The molecule has 0 spiro atoms. The Bertz CT molecular complexity index is 401. The highest BCUT2D eigenvalue weighted by Crippen LogP contribution is 2.33. The number of nitrogens with one attached hydrogen (secondary N) is 1. The maximum absolute atomic E-state index is 5.62. The summed E-state index contributed by atoms with van der Waals surface area (Å²) in [5.74, 6) is 2.02. The van der Waals surface area contributed by atoms with Gasteiger partial charge in [-0.3, -0.25) is 0 Å². The van der Waals surface area contributed by atoms with Crippen LogP contribution in [0.15, 0.2) is 4.52 Å². The van der Waals surface area contributed by atoms with Crippen molar-refractivity contribution in [3.8, 4) is 0 Å². The van der Waals surface area contributed by atoms with Crippen LogP contribution in [0.2, 0.25) is 0 Å². The summed E-state index contributed by atoms with van der Waals surface area (Å²) < 4.78 is 11.1. The van der Waals surface area contributed by atoms with E-state index in [1.54, 1.807) is 0 Å². The van der Waals surface area contributed by atoms with Crippen molar-refractivity contribution in [1.29, 1.82) is 0 Å². The lowest BCUT2D eigenvalue weighted by atomic mass is 10.0. The third kappa shape index (κ3) is 2.98. The molecule has 1 N–H and O–H groups in total. The van der Waals surface area contributed by atoms with Gasteiger partial charge in [-0.05, 0) is 32.2 Å². The Kier molecular flexibility index (Phi) is 4.13. The predicted molar refractivity (Wildman–Crippen MR) is 71.0 cm³/mol. The lowest BCUT2D eigenvalue weighted by Crippen LogP contribution is -2.31. The van der Waals surface area contributed by atoms with E-state index in [1.165, 1.54) is 12.8 Å². The van der Waals surface area contributed by atoms with Gasteiger partial charge in [0.25, 0.3) is 0 Å². The van der Waals surface area contributed by atoms with E-state index in [2.05, 4.69) is 22.4 Å². The molecule has 5 nitrogen and oxygen atoms in total. The molecular formula is C14H23N3O2. The predicted octanol–water partition coefficient (Wildman–Crippen LogP) is 2.04. The van der Waals surface area contributed by atoms with Crippen LogP contribution < -0.4 is 5.32 Å². The summed E-state index contributed by atoms with van der Waals surface area (Å²) in [6.07, 6.45) is 6.96. The van der Waals surface area contributed by atoms with E-state index in [0.717, 1.165) is 50.6 Å². The molecule has 19 heavy (non-hydrogen) atoms. The normalized spacial score (nSPS) is 31.1. The Hall–Kier alpha value is -0.940. The number of rotatable bonds is 5. The average molecular weight is 265 g/mol. The fourth-order valence-electron chi connectivity index (χ4n) is 3.27. The van der Waals surface area contributed by atoms with Crippen molar-refractivity contribution in [3.63, 3.8) is 0 Å². The highest BCUT2D eigenvalue weighted by molar-refractivity contribution is 5.03. The maximum atomic E-state index is 5.62. The van der Waals surface area contributed by atoms with E-state index in [-0.39, 0.29) is 0 Å². The van der Waals surface area contributed by atoms with Crippen molar-refractivity contribution in [2.24, 2.45) is 0 Å². The molecule has 3 rings (SSSR count). The molecule has 2 aliphatic rings. The topological polar surface area (TPSA) is 60.2 Å². The summed E-state index contributed by atoms with van der Waals surface area (Å²) in [6, 6.07) is 0.501. The molecule has 1 saturated heterocycles. The zero-order valence-electron chi connectivity index (χ0n) is 11.6. The Morgan fingerprint density at radius 3 is 3.00 bits per heavy atom. The first kappa shape index (κ1) is 13.1. The van der Waals surface area contributed by atoms with Gasteiger partial charge in [-0.2, -0.15) is 4.98 Å². The van der Waals surface area contributed by atoms with Gasteiger partial charge in [-0.1, -0.05) is 18.5 Å². The quantitative estimate of drug-likeness (QED) is 0.882. The molecule has 0 radical (unpaired) electrons. The van der Waals surface area contributed by atoms with Crippen molar-refractivity contribution in [3.05, 3.63) is 11.7 Å². The molecule has 0 aromatic carbocycles. The van der Waals surface area contributed by atoms with Gasteiger partial charge in [0.05, 0.1) is 12.0 Å². The molecule has 1 aliphatic carbocycles. The molecular weight excluding hydrogens is 242 g/mol. The van der Waals surface area contributed by atoms with Crippen LogP contribution in [-0.2, 0) is 11.2 Å². The summed E-state index contributed by atoms with van der Waals surface area (Å²) in [4.78, 5) is 4.59. The van der Waals surface area contributed by atoms with Crippen molar-refractivity contribution in [1.82, 2.24) is 15.5 Å². The lowest BCUT2D eigenvalue weighted by Gasteiger charge is -2.16. The largest absolute Gasteiger partial charge is 0.378 e. The standard InChI is InChI=1S/C14H23N3O2/c1-2-15-12-7-3-6-11(12)14-16-13(17-19-14)9-10-5-4-8-18-10/h10-12,15H,2-9H2,1H3. The number of hydrogen-bond donors (Lipinski definition) is 1. The summed E-state index contributed by atoms with van der Waals surface area (Å²) in [5, 5.41) is 7.65. The van der Waals surface area contributed by atoms with Crippen LogP contribution in [0.3, 0.4) is 0 Å². The van der Waals surface area contributed by atoms with Crippen molar-refractivity contribution >= 4 is 0 Å². The van der Waals surface area contributed by atoms with E-state index in [0.29, 0.717) is 18.1 Å². The lowest BCUT2D eigenvalue weighted by molar-refractivity contribution is 0.109. The molecule has 1 saturated carbocycles. The van der Waals surface area contributed by atoms with Crippen molar-refractivity contribution in [2.45, 2.75) is 63.5 Å². The first-order valence-electron chi connectivity index (χ1n) is 7.54. The van der Waals surface area contributed by atoms with Crippen LogP contribution in [-0.4, -0.2) is 35.4 Å². The number of aromatic nitrogens is 2. The number of likely N-dealkylation sites (N-methyl/N-ethyl adjacent to an activating group) is 1. The van der Waals surface area contributed by atoms with Crippen LogP contribution in [0.1, 0.15) is 56.7 Å². The average Bonchev–Trinajstić information content (AvgIpc) is 3.11. The highest BCUT2D eigenvalue weighted by Gasteiger charge is 2.32. The fourth-order valence-corrected chi connectivity index (χ4v) is 3.27. The zero-order chi connectivity index (χ0) is 13.1. The van der Waals surface area contributed by atoms with E-state index >= 15 is 0 Å². The Morgan fingerprint density at radius 2 is 2.21 bits per heavy atom. The zero-order valence-corrected chi connectivity index (χ0v) is 11.6. The fraction of sp³-hybridized carbons (Fsp3) is 0.857. The highest BCUT2D eigenvalue weighted by atomic mass is 16.5. The molecule has 0 amide bonds. The van der Waals surface area contributed by atoms with Gasteiger partial charge >= 0.3 is 0 Å². The molecule has 106 valence electrons. The maximum Gasteiger partial charge on any atom is 0.231 e. The second-order valence-electron chi connectivity index (χ2n) is 5.59. The van der Waals surface area contributed by atoms with Gasteiger partial charge in [0.2, 0.25) is 5.89 Å². The van der Waals surface area contributed by atoms with E-state index in [1.807, 2.05) is 0 Å². The smallest absolute Gasteiger partial charge is 0.231 e. The Balaban J connectivity index is 1.63. The molecule has 3 unspecified atom stereocenters. The van der Waals surface area contributed by atoms with Crippen LogP contribution in [0.5, 0.6) is 0 Å². The van der Waals surface area contributed by atoms with E-state index < -0.39 is 0 Å². The second kappa shape index (κ2) is 6.01. The van der Waals surface area contributed by atoms with Crippen LogP contribution >= 0.6 is 0 Å². The first-order chi connectivity index (χ1) is 9.36. The molecule has 3 atom stereocenters. The van der Waals surface area contributed by atoms with Crippen LogP contribution in [0.25, 0.3) is 0 Å². The van der Waals surface area contributed by atoms with Crippen molar-refractivity contribution in [2.75, 3.05) is 13.2 Å². The summed E-state index contributed by atoms with van der Waals surface area (Å²) in [7, 11) is 0. The molecule has 5 heteroatoms. The van der Waals surface area contributed by atoms with Gasteiger partial charge in [-0.25, -0.2) is 0 Å². The Labute approximate surface area is 114 Å². The summed E-state index contributed by atoms with van der Waals surface area (Å²) >= 11 is 0. The van der Waals surface area contributed by atoms with E-state index in [4.69, 9.17) is 9.26 Å². The second-order valence-corrected chi connectivity index (χ2v) is 5.59. The number of nitrogens with zero attached hydrogens (tertiary/aromatic N) is 2. The molecule has 2 fully saturated rings. The van der Waals surface area contributed by atoms with Gasteiger partial charge in [-0.15, -0.1) is 0 Å². The van der Waals surface area contributed by atoms with Gasteiger partial charge in [0.15, 0.2) is 5.82 Å². The molecule has 1 aromatic rings. The minimum Gasteiger partial charge on any atom is -0.378 e. The molecule has 1 aromatic heterocycles. The molecule has 1 aliphatic heterocycles. The third-order valence-electron chi connectivity index (χ3n) is 4.22.